The summed E-state index contributed by atoms with van der Waals surface area (Å²) in [6, 6.07) is 14.4. The average molecular weight is 519 g/mol. The summed E-state index contributed by atoms with van der Waals surface area (Å²) in [5.74, 6) is 0.559. The largest absolute Gasteiger partial charge is 0.395 e. The fourth-order valence-electron chi connectivity index (χ4n) is 5.79. The molecule has 202 valence electrons. The van der Waals surface area contributed by atoms with Crippen LogP contribution in [0.5, 0.6) is 0 Å². The number of aryl methyl sites for hydroxylation is 1. The number of carbonyl (C=O) groups excluding carboxylic acids is 2. The Bertz CT molecular complexity index is 1170. The number of amides is 2. The maximum atomic E-state index is 13.2. The van der Waals surface area contributed by atoms with Crippen molar-refractivity contribution >= 4 is 23.3 Å². The van der Waals surface area contributed by atoms with Gasteiger partial charge >= 0.3 is 0 Å². The summed E-state index contributed by atoms with van der Waals surface area (Å²) in [7, 11) is 0. The molecule has 0 aromatic heterocycles. The molecule has 2 amide bonds. The van der Waals surface area contributed by atoms with Crippen molar-refractivity contribution in [2.45, 2.75) is 51.6 Å². The first-order valence-corrected chi connectivity index (χ1v) is 13.8. The second kappa shape index (κ2) is 12.2. The van der Waals surface area contributed by atoms with Gasteiger partial charge in [-0.05, 0) is 61.9 Å². The molecule has 38 heavy (non-hydrogen) atoms. The Balaban J connectivity index is 1.39. The van der Waals surface area contributed by atoms with Crippen LogP contribution in [-0.4, -0.2) is 73.2 Å². The van der Waals surface area contributed by atoms with Gasteiger partial charge in [-0.2, -0.15) is 4.99 Å². The van der Waals surface area contributed by atoms with E-state index in [0.29, 0.717) is 18.5 Å². The Morgan fingerprint density at radius 2 is 1.79 bits per heavy atom. The lowest BCUT2D eigenvalue weighted by atomic mass is 9.84. The molecule has 2 aromatic rings. The second-order valence-electron chi connectivity index (χ2n) is 10.6. The third-order valence-electron chi connectivity index (χ3n) is 7.92. The number of aliphatic hydroxyl groups excluding tert-OH is 1. The summed E-state index contributed by atoms with van der Waals surface area (Å²) in [6.07, 6.45) is 3.88. The molecular weight excluding hydrogens is 480 g/mol. The van der Waals surface area contributed by atoms with Crippen LogP contribution in [0.2, 0.25) is 0 Å². The summed E-state index contributed by atoms with van der Waals surface area (Å²) >= 11 is 0. The summed E-state index contributed by atoms with van der Waals surface area (Å²) in [5, 5.41) is 11.9. The Morgan fingerprint density at radius 1 is 1.05 bits per heavy atom. The topological polar surface area (TPSA) is 94.5 Å². The number of anilines is 1. The Kier molecular flexibility index (Phi) is 8.51. The van der Waals surface area contributed by atoms with E-state index in [2.05, 4.69) is 38.3 Å². The summed E-state index contributed by atoms with van der Waals surface area (Å²) < 4.78 is 5.51. The lowest BCUT2D eigenvalue weighted by Crippen LogP contribution is -2.43. The minimum atomic E-state index is -0.219. The fraction of sp³-hybridized carbons (Fsp3) is 0.500. The number of fused-ring (bicyclic) bond motifs is 1. The number of carbonyl (C=O) groups is 2. The minimum Gasteiger partial charge on any atom is -0.395 e. The Hall–Kier alpha value is -3.07. The van der Waals surface area contributed by atoms with Gasteiger partial charge in [-0.3, -0.25) is 14.5 Å². The first-order chi connectivity index (χ1) is 18.5. The molecule has 2 aromatic carbocycles. The highest BCUT2D eigenvalue weighted by Gasteiger charge is 2.36. The number of hydrogen-bond acceptors (Lipinski definition) is 5. The van der Waals surface area contributed by atoms with Gasteiger partial charge in [0.15, 0.2) is 0 Å². The van der Waals surface area contributed by atoms with Crippen molar-refractivity contribution in [1.82, 2.24) is 10.2 Å². The quantitative estimate of drug-likeness (QED) is 0.585. The number of ether oxygens (including phenoxy) is 1. The Labute approximate surface area is 224 Å². The van der Waals surface area contributed by atoms with E-state index in [0.717, 1.165) is 75.6 Å². The van der Waals surface area contributed by atoms with Crippen LogP contribution in [0.4, 0.5) is 5.69 Å². The van der Waals surface area contributed by atoms with Gasteiger partial charge in [0.05, 0.1) is 19.8 Å². The number of benzene rings is 2. The van der Waals surface area contributed by atoms with Crippen LogP contribution in [-0.2, 0) is 22.5 Å². The third-order valence-corrected chi connectivity index (χ3v) is 7.92. The highest BCUT2D eigenvalue weighted by molar-refractivity contribution is 6.12. The number of amidine groups is 1. The zero-order chi connectivity index (χ0) is 26.5. The fourth-order valence-corrected chi connectivity index (χ4v) is 5.79. The zero-order valence-corrected chi connectivity index (χ0v) is 22.2. The summed E-state index contributed by atoms with van der Waals surface area (Å²) in [6.45, 7) is 6.52. The molecule has 8 nitrogen and oxygen atoms in total. The number of nitrogens with one attached hydrogen (secondary N) is 1. The van der Waals surface area contributed by atoms with Crippen LogP contribution in [0.1, 0.15) is 52.7 Å². The summed E-state index contributed by atoms with van der Waals surface area (Å²) in [5.41, 5.74) is 5.28. The molecule has 2 aliphatic heterocycles. The molecule has 1 saturated heterocycles. The van der Waals surface area contributed by atoms with Crippen molar-refractivity contribution in [3.8, 4) is 0 Å². The van der Waals surface area contributed by atoms with Gasteiger partial charge in [-0.1, -0.05) is 29.8 Å². The molecule has 0 atom stereocenters. The molecule has 0 unspecified atom stereocenters. The molecule has 0 radical (unpaired) electrons. The van der Waals surface area contributed by atoms with Gasteiger partial charge in [-0.25, -0.2) is 0 Å². The molecule has 2 fully saturated rings. The monoisotopic (exact) mass is 518 g/mol. The molecular formula is C30H38N4O4. The molecule has 0 spiro atoms. The lowest BCUT2D eigenvalue weighted by molar-refractivity contribution is -0.126. The zero-order valence-electron chi connectivity index (χ0n) is 22.2. The maximum absolute atomic E-state index is 13.2. The SMILES string of the molecule is Cc1ccc(C(=O)N=C2Cc3ccc(CN4CCOCC4)cc3N2C2CCC(C(=O)NCCO)CC2)cc1. The Morgan fingerprint density at radius 3 is 2.50 bits per heavy atom. The van der Waals surface area contributed by atoms with E-state index in [9.17, 15) is 9.59 Å². The molecule has 1 aliphatic carbocycles. The van der Waals surface area contributed by atoms with Crippen molar-refractivity contribution in [2.75, 3.05) is 44.4 Å². The predicted octanol–water partition coefficient (Wildman–Crippen LogP) is 3.10. The van der Waals surface area contributed by atoms with Gasteiger partial charge < -0.3 is 20.1 Å². The van der Waals surface area contributed by atoms with Crippen LogP contribution in [0, 0.1) is 12.8 Å². The van der Waals surface area contributed by atoms with Gasteiger partial charge in [-0.15, -0.1) is 0 Å². The predicted molar refractivity (Wildman–Crippen MR) is 148 cm³/mol. The average Bonchev–Trinajstić information content (AvgIpc) is 3.29. The smallest absolute Gasteiger partial charge is 0.278 e. The number of rotatable bonds is 7. The lowest BCUT2D eigenvalue weighted by Gasteiger charge is -2.36. The molecule has 3 aliphatic rings. The molecule has 2 heterocycles. The normalized spacial score (nSPS) is 22.9. The van der Waals surface area contributed by atoms with Gasteiger partial charge in [0, 0.05) is 55.8 Å². The molecule has 2 N–H and O–H groups in total. The maximum Gasteiger partial charge on any atom is 0.278 e. The standard InChI is InChI=1S/C30H38N4O4/c1-21-2-5-24(6-3-21)30(37)32-28-19-25-7-4-22(20-33-13-16-38-17-14-33)18-27(25)34(28)26-10-8-23(9-11-26)29(36)31-12-15-35/h2-7,18,23,26,35H,8-17,19-20H2,1H3,(H,31,36). The first-order valence-electron chi connectivity index (χ1n) is 13.8. The van der Waals surface area contributed by atoms with Crippen molar-refractivity contribution < 1.29 is 19.4 Å². The van der Waals surface area contributed by atoms with E-state index in [4.69, 9.17) is 9.84 Å². The van der Waals surface area contributed by atoms with Crippen LogP contribution in [0.15, 0.2) is 47.5 Å². The number of nitrogens with zero attached hydrogens (tertiary/aromatic N) is 3. The van der Waals surface area contributed by atoms with Crippen LogP contribution < -0.4 is 10.2 Å². The second-order valence-corrected chi connectivity index (χ2v) is 10.6. The van der Waals surface area contributed by atoms with E-state index < -0.39 is 0 Å². The molecule has 1 saturated carbocycles. The van der Waals surface area contributed by atoms with Crippen molar-refractivity contribution in [2.24, 2.45) is 10.9 Å². The molecule has 5 rings (SSSR count). The van der Waals surface area contributed by atoms with Crippen LogP contribution >= 0.6 is 0 Å². The molecule has 8 heteroatoms. The minimum absolute atomic E-state index is 0.0237. The van der Waals surface area contributed by atoms with Crippen molar-refractivity contribution in [3.05, 3.63) is 64.7 Å². The van der Waals surface area contributed by atoms with Crippen LogP contribution in [0.3, 0.4) is 0 Å². The first kappa shape index (κ1) is 26.5. The van der Waals surface area contributed by atoms with E-state index in [1.54, 1.807) is 0 Å². The number of hydrogen-bond donors (Lipinski definition) is 2. The van der Waals surface area contributed by atoms with Crippen molar-refractivity contribution in [1.29, 1.82) is 0 Å². The number of aliphatic imine (C=N–C) groups is 1. The van der Waals surface area contributed by atoms with E-state index >= 15 is 0 Å². The van der Waals surface area contributed by atoms with E-state index in [-0.39, 0.29) is 30.4 Å². The number of aliphatic hydroxyl groups is 1. The van der Waals surface area contributed by atoms with Crippen molar-refractivity contribution in [3.63, 3.8) is 0 Å². The van der Waals surface area contributed by atoms with Gasteiger partial charge in [0.25, 0.3) is 5.91 Å². The summed E-state index contributed by atoms with van der Waals surface area (Å²) in [4.78, 5) is 35.0. The number of morpholine rings is 1. The van der Waals surface area contributed by atoms with Gasteiger partial charge in [0.2, 0.25) is 5.91 Å². The van der Waals surface area contributed by atoms with Gasteiger partial charge in [0.1, 0.15) is 5.84 Å². The van der Waals surface area contributed by atoms with E-state index in [1.165, 1.54) is 11.1 Å². The van der Waals surface area contributed by atoms with Crippen LogP contribution in [0.25, 0.3) is 0 Å². The highest BCUT2D eigenvalue weighted by Crippen LogP contribution is 2.38. The third kappa shape index (κ3) is 6.14. The highest BCUT2D eigenvalue weighted by atomic mass is 16.5. The molecule has 0 bridgehead atoms. The van der Waals surface area contributed by atoms with E-state index in [1.807, 2.05) is 31.2 Å².